The zero-order valence-corrected chi connectivity index (χ0v) is 12.0. The van der Waals surface area contributed by atoms with Crippen molar-refractivity contribution in [1.29, 1.82) is 0 Å². The van der Waals surface area contributed by atoms with Gasteiger partial charge in [0.1, 0.15) is 6.10 Å². The maximum absolute atomic E-state index is 13.3. The lowest BCUT2D eigenvalue weighted by atomic mass is 9.93. The van der Waals surface area contributed by atoms with Crippen LogP contribution in [-0.2, 0) is 12.8 Å². The minimum absolute atomic E-state index is 0.00866. The smallest absolute Gasteiger partial charge is 0.194 e. The molecule has 2 aromatic rings. The second-order valence-corrected chi connectivity index (χ2v) is 4.94. The van der Waals surface area contributed by atoms with Gasteiger partial charge in [0.05, 0.1) is 0 Å². The number of hydrogen-bond donors (Lipinski definition) is 1. The van der Waals surface area contributed by atoms with Crippen molar-refractivity contribution in [3.05, 3.63) is 70.0 Å². The number of halogens is 3. The Bertz CT molecular complexity index is 629. The van der Waals surface area contributed by atoms with Crippen molar-refractivity contribution in [2.45, 2.75) is 32.8 Å². The maximum Gasteiger partial charge on any atom is 0.194 e. The van der Waals surface area contributed by atoms with Crippen molar-refractivity contribution >= 4 is 0 Å². The largest absolute Gasteiger partial charge is 0.384 e. The van der Waals surface area contributed by atoms with Crippen molar-refractivity contribution in [2.24, 2.45) is 0 Å². The Morgan fingerprint density at radius 3 is 2.10 bits per heavy atom. The molecule has 0 aliphatic carbocycles. The fourth-order valence-corrected chi connectivity index (χ4v) is 2.35. The van der Waals surface area contributed by atoms with E-state index in [1.54, 1.807) is 0 Å². The van der Waals surface area contributed by atoms with Gasteiger partial charge in [-0.15, -0.1) is 0 Å². The Morgan fingerprint density at radius 1 is 0.952 bits per heavy atom. The van der Waals surface area contributed by atoms with E-state index in [0.717, 1.165) is 29.7 Å². The summed E-state index contributed by atoms with van der Waals surface area (Å²) in [7, 11) is 0. The summed E-state index contributed by atoms with van der Waals surface area (Å²) in [6.45, 7) is 3.91. The van der Waals surface area contributed by atoms with E-state index in [4.69, 9.17) is 0 Å². The molecule has 1 nitrogen and oxygen atoms in total. The highest BCUT2D eigenvalue weighted by atomic mass is 19.2. The van der Waals surface area contributed by atoms with Crippen molar-refractivity contribution in [2.75, 3.05) is 0 Å². The highest BCUT2D eigenvalue weighted by molar-refractivity contribution is 5.39. The standard InChI is InChI=1S/C17H17F3O/c1-3-10-5-6-11(4-2)13(7-10)17(21)12-8-14(18)16(20)15(19)9-12/h5-9,17,21H,3-4H2,1-2H3. The third kappa shape index (κ3) is 3.10. The molecular weight excluding hydrogens is 277 g/mol. The van der Waals surface area contributed by atoms with Crippen LogP contribution in [0.15, 0.2) is 30.3 Å². The molecule has 21 heavy (non-hydrogen) atoms. The van der Waals surface area contributed by atoms with E-state index < -0.39 is 23.6 Å². The molecule has 0 saturated heterocycles. The lowest BCUT2D eigenvalue weighted by Gasteiger charge is -2.17. The van der Waals surface area contributed by atoms with Crippen LogP contribution < -0.4 is 0 Å². The minimum Gasteiger partial charge on any atom is -0.384 e. The summed E-state index contributed by atoms with van der Waals surface area (Å²) in [5.74, 6) is -4.12. The van der Waals surface area contributed by atoms with Crippen LogP contribution in [0.25, 0.3) is 0 Å². The molecule has 0 radical (unpaired) electrons. The summed E-state index contributed by atoms with van der Waals surface area (Å²) in [5, 5.41) is 10.4. The highest BCUT2D eigenvalue weighted by Gasteiger charge is 2.19. The first kappa shape index (κ1) is 15.6. The van der Waals surface area contributed by atoms with Gasteiger partial charge in [-0.05, 0) is 47.2 Å². The van der Waals surface area contributed by atoms with Crippen LogP contribution in [0.4, 0.5) is 13.2 Å². The van der Waals surface area contributed by atoms with Crippen LogP contribution in [0, 0.1) is 17.5 Å². The van der Waals surface area contributed by atoms with Gasteiger partial charge in [0, 0.05) is 0 Å². The molecule has 0 fully saturated rings. The molecule has 0 aliphatic rings. The summed E-state index contributed by atoms with van der Waals surface area (Å²) < 4.78 is 39.6. The Labute approximate surface area is 122 Å². The first-order chi connectivity index (χ1) is 9.97. The van der Waals surface area contributed by atoms with Gasteiger partial charge in [0.25, 0.3) is 0 Å². The molecule has 2 aromatic carbocycles. The summed E-state index contributed by atoms with van der Waals surface area (Å²) in [4.78, 5) is 0. The van der Waals surface area contributed by atoms with E-state index >= 15 is 0 Å². The molecule has 0 heterocycles. The number of aliphatic hydroxyl groups is 1. The third-order valence-electron chi connectivity index (χ3n) is 3.62. The van der Waals surface area contributed by atoms with Crippen molar-refractivity contribution in [1.82, 2.24) is 0 Å². The van der Waals surface area contributed by atoms with Gasteiger partial charge in [0.15, 0.2) is 17.5 Å². The first-order valence-corrected chi connectivity index (χ1v) is 6.92. The molecular formula is C17H17F3O. The van der Waals surface area contributed by atoms with E-state index in [1.165, 1.54) is 0 Å². The molecule has 1 atom stereocenters. The Morgan fingerprint density at radius 2 is 1.57 bits per heavy atom. The Hall–Kier alpha value is -1.81. The van der Waals surface area contributed by atoms with Crippen molar-refractivity contribution < 1.29 is 18.3 Å². The normalized spacial score (nSPS) is 12.5. The monoisotopic (exact) mass is 294 g/mol. The van der Waals surface area contributed by atoms with Gasteiger partial charge in [-0.2, -0.15) is 0 Å². The van der Waals surface area contributed by atoms with Crippen LogP contribution in [0.2, 0.25) is 0 Å². The number of aliphatic hydroxyl groups excluding tert-OH is 1. The summed E-state index contributed by atoms with van der Waals surface area (Å²) in [6, 6.07) is 7.35. The summed E-state index contributed by atoms with van der Waals surface area (Å²) >= 11 is 0. The van der Waals surface area contributed by atoms with E-state index in [2.05, 4.69) is 0 Å². The molecule has 1 unspecified atom stereocenters. The number of benzene rings is 2. The van der Waals surface area contributed by atoms with E-state index in [1.807, 2.05) is 32.0 Å². The molecule has 0 amide bonds. The van der Waals surface area contributed by atoms with Crippen LogP contribution in [0.5, 0.6) is 0 Å². The molecule has 112 valence electrons. The number of hydrogen-bond acceptors (Lipinski definition) is 1. The number of rotatable bonds is 4. The van der Waals surface area contributed by atoms with Gasteiger partial charge < -0.3 is 5.11 Å². The van der Waals surface area contributed by atoms with Gasteiger partial charge >= 0.3 is 0 Å². The molecule has 0 aliphatic heterocycles. The molecule has 0 saturated carbocycles. The lowest BCUT2D eigenvalue weighted by Crippen LogP contribution is -2.06. The average Bonchev–Trinajstić information content (AvgIpc) is 2.50. The molecule has 0 aromatic heterocycles. The summed E-state index contributed by atoms with van der Waals surface area (Å²) in [6.07, 6.45) is 0.286. The molecule has 2 rings (SSSR count). The Balaban J connectivity index is 2.51. The molecule has 4 heteroatoms. The quantitative estimate of drug-likeness (QED) is 0.833. The Kier molecular flexibility index (Phi) is 4.68. The minimum atomic E-state index is -1.52. The van der Waals surface area contributed by atoms with Gasteiger partial charge in [-0.3, -0.25) is 0 Å². The van der Waals surface area contributed by atoms with E-state index in [0.29, 0.717) is 12.0 Å². The predicted molar refractivity (Wildman–Crippen MR) is 75.6 cm³/mol. The molecule has 1 N–H and O–H groups in total. The second kappa shape index (κ2) is 6.31. The van der Waals surface area contributed by atoms with E-state index in [-0.39, 0.29) is 5.56 Å². The fourth-order valence-electron chi connectivity index (χ4n) is 2.35. The third-order valence-corrected chi connectivity index (χ3v) is 3.62. The van der Waals surface area contributed by atoms with Gasteiger partial charge in [0.2, 0.25) is 0 Å². The summed E-state index contributed by atoms with van der Waals surface area (Å²) in [5.41, 5.74) is 2.52. The van der Waals surface area contributed by atoms with Crippen LogP contribution in [0.1, 0.15) is 42.2 Å². The van der Waals surface area contributed by atoms with Crippen molar-refractivity contribution in [3.63, 3.8) is 0 Å². The van der Waals surface area contributed by atoms with Gasteiger partial charge in [-0.1, -0.05) is 32.0 Å². The van der Waals surface area contributed by atoms with Crippen LogP contribution in [0.3, 0.4) is 0 Å². The van der Waals surface area contributed by atoms with Crippen molar-refractivity contribution in [3.8, 4) is 0 Å². The first-order valence-electron chi connectivity index (χ1n) is 6.92. The average molecular weight is 294 g/mol. The number of aryl methyl sites for hydroxylation is 2. The van der Waals surface area contributed by atoms with E-state index in [9.17, 15) is 18.3 Å². The van der Waals surface area contributed by atoms with Gasteiger partial charge in [-0.25, -0.2) is 13.2 Å². The van der Waals surface area contributed by atoms with Crippen LogP contribution in [-0.4, -0.2) is 5.11 Å². The SMILES string of the molecule is CCc1ccc(CC)c(C(O)c2cc(F)c(F)c(F)c2)c1. The topological polar surface area (TPSA) is 20.2 Å². The zero-order valence-electron chi connectivity index (χ0n) is 12.0. The predicted octanol–water partition coefficient (Wildman–Crippen LogP) is 4.31. The fraction of sp³-hybridized carbons (Fsp3) is 0.294. The maximum atomic E-state index is 13.3. The second-order valence-electron chi connectivity index (χ2n) is 4.94. The van der Waals surface area contributed by atoms with Crippen LogP contribution >= 0.6 is 0 Å². The lowest BCUT2D eigenvalue weighted by molar-refractivity contribution is 0.217. The highest BCUT2D eigenvalue weighted by Crippen LogP contribution is 2.28. The molecule has 0 spiro atoms. The zero-order chi connectivity index (χ0) is 15.6. The molecule has 0 bridgehead atoms.